The minimum Gasteiger partial charge on any atom is -0.496 e. The van der Waals surface area contributed by atoms with Crippen molar-refractivity contribution < 1.29 is 9.53 Å². The summed E-state index contributed by atoms with van der Waals surface area (Å²) in [5, 5.41) is 0. The number of hydrogen-bond donors (Lipinski definition) is 1. The normalized spacial score (nSPS) is 10.8. The Hall–Kier alpha value is -3.21. The Bertz CT molecular complexity index is 1020. The number of nitrogens with two attached hydrogens (primary N) is 1. The van der Waals surface area contributed by atoms with Crippen molar-refractivity contribution in [3.8, 4) is 16.9 Å². The Labute approximate surface area is 172 Å². The van der Waals surface area contributed by atoms with E-state index in [1.807, 2.05) is 45.3 Å². The van der Waals surface area contributed by atoms with Gasteiger partial charge in [-0.1, -0.05) is 37.3 Å². The maximum Gasteiger partial charge on any atom is 0.251 e. The molecule has 0 aliphatic rings. The number of amides is 1. The summed E-state index contributed by atoms with van der Waals surface area (Å²) < 4.78 is 7.71. The van der Waals surface area contributed by atoms with E-state index in [2.05, 4.69) is 40.7 Å². The van der Waals surface area contributed by atoms with Crippen LogP contribution in [0.2, 0.25) is 0 Å². The molecule has 0 radical (unpaired) electrons. The molecule has 0 saturated heterocycles. The van der Waals surface area contributed by atoms with Crippen molar-refractivity contribution in [1.29, 1.82) is 0 Å². The number of nitrogens with zero attached hydrogens (tertiary/aromatic N) is 2. The molecule has 2 N–H and O–H groups in total. The van der Waals surface area contributed by atoms with E-state index in [-0.39, 0.29) is 0 Å². The number of carbonyl (C=O) groups excluding carboxylic acids is 1. The SMILES string of the molecule is CCc1c(-c2ccc(N(C)C)cc2)c(C(N)=O)c(C)n1Cc1ccccc1OC. The summed E-state index contributed by atoms with van der Waals surface area (Å²) in [5.41, 5.74) is 12.5. The van der Waals surface area contributed by atoms with Gasteiger partial charge >= 0.3 is 0 Å². The van der Waals surface area contributed by atoms with Gasteiger partial charge in [0, 0.05) is 42.3 Å². The van der Waals surface area contributed by atoms with Crippen molar-refractivity contribution >= 4 is 11.6 Å². The zero-order chi connectivity index (χ0) is 21.1. The molecular formula is C24H29N3O2. The van der Waals surface area contributed by atoms with E-state index in [0.717, 1.165) is 45.9 Å². The van der Waals surface area contributed by atoms with Crippen LogP contribution in [-0.2, 0) is 13.0 Å². The lowest BCUT2D eigenvalue weighted by molar-refractivity contribution is 0.1000. The second-order valence-corrected chi connectivity index (χ2v) is 7.34. The molecule has 152 valence electrons. The maximum absolute atomic E-state index is 12.4. The molecule has 0 spiro atoms. The van der Waals surface area contributed by atoms with Gasteiger partial charge in [0.25, 0.3) is 5.91 Å². The summed E-state index contributed by atoms with van der Waals surface area (Å²) in [4.78, 5) is 14.5. The minimum atomic E-state index is -0.400. The van der Waals surface area contributed by atoms with Crippen molar-refractivity contribution in [2.75, 3.05) is 26.1 Å². The predicted molar refractivity (Wildman–Crippen MR) is 119 cm³/mol. The standard InChI is InChI=1S/C24H29N3O2/c1-6-20-23(17-11-13-19(14-12-17)26(3)4)22(24(25)28)16(2)27(20)15-18-9-7-8-10-21(18)29-5/h7-14H,6,15H2,1-5H3,(H2,25,28). The van der Waals surface area contributed by atoms with Crippen LogP contribution >= 0.6 is 0 Å². The predicted octanol–water partition coefficient (Wildman–Crippen LogP) is 4.25. The molecule has 0 aliphatic carbocycles. The molecule has 5 nitrogen and oxygen atoms in total. The zero-order valence-corrected chi connectivity index (χ0v) is 17.8. The van der Waals surface area contributed by atoms with Crippen LogP contribution in [0.15, 0.2) is 48.5 Å². The van der Waals surface area contributed by atoms with E-state index in [1.165, 1.54) is 0 Å². The van der Waals surface area contributed by atoms with Gasteiger partial charge in [0.1, 0.15) is 5.75 Å². The van der Waals surface area contributed by atoms with Crippen molar-refractivity contribution in [3.63, 3.8) is 0 Å². The lowest BCUT2D eigenvalue weighted by Crippen LogP contribution is -2.14. The zero-order valence-electron chi connectivity index (χ0n) is 17.8. The number of methoxy groups -OCH3 is 1. The van der Waals surface area contributed by atoms with Crippen molar-refractivity contribution in [2.24, 2.45) is 5.73 Å². The average molecular weight is 392 g/mol. The molecule has 2 aromatic carbocycles. The molecule has 29 heavy (non-hydrogen) atoms. The van der Waals surface area contributed by atoms with Gasteiger partial charge in [-0.2, -0.15) is 0 Å². The lowest BCUT2D eigenvalue weighted by atomic mass is 9.98. The Morgan fingerprint density at radius 2 is 1.76 bits per heavy atom. The van der Waals surface area contributed by atoms with Gasteiger partial charge in [0.2, 0.25) is 0 Å². The van der Waals surface area contributed by atoms with Crippen molar-refractivity contribution in [3.05, 3.63) is 71.0 Å². The van der Waals surface area contributed by atoms with Gasteiger partial charge in [-0.3, -0.25) is 4.79 Å². The van der Waals surface area contributed by atoms with E-state index in [9.17, 15) is 4.79 Å². The first-order valence-corrected chi connectivity index (χ1v) is 9.80. The fourth-order valence-corrected chi connectivity index (χ4v) is 3.92. The Morgan fingerprint density at radius 3 is 2.31 bits per heavy atom. The molecule has 0 fully saturated rings. The number of rotatable bonds is 7. The summed E-state index contributed by atoms with van der Waals surface area (Å²) in [6.45, 7) is 4.69. The molecule has 0 atom stereocenters. The molecule has 0 aliphatic heterocycles. The first kappa shape index (κ1) is 20.5. The van der Waals surface area contributed by atoms with Crippen LogP contribution in [0.5, 0.6) is 5.75 Å². The number of hydrogen-bond acceptors (Lipinski definition) is 3. The van der Waals surface area contributed by atoms with Crippen LogP contribution in [0.1, 0.15) is 34.2 Å². The Balaban J connectivity index is 2.18. The second-order valence-electron chi connectivity index (χ2n) is 7.34. The minimum absolute atomic E-state index is 0.400. The molecular weight excluding hydrogens is 362 g/mol. The summed E-state index contributed by atoms with van der Waals surface area (Å²) >= 11 is 0. The summed E-state index contributed by atoms with van der Waals surface area (Å²) in [7, 11) is 5.69. The largest absolute Gasteiger partial charge is 0.496 e. The number of aromatic nitrogens is 1. The van der Waals surface area contributed by atoms with Gasteiger partial charge in [-0.05, 0) is 37.1 Å². The molecule has 3 rings (SSSR count). The molecule has 1 heterocycles. The fraction of sp³-hybridized carbons (Fsp3) is 0.292. The van der Waals surface area contributed by atoms with Crippen molar-refractivity contribution in [2.45, 2.75) is 26.8 Å². The molecule has 0 saturated carbocycles. The van der Waals surface area contributed by atoms with Crippen LogP contribution in [0.25, 0.3) is 11.1 Å². The highest BCUT2D eigenvalue weighted by atomic mass is 16.5. The van der Waals surface area contributed by atoms with E-state index in [0.29, 0.717) is 12.1 Å². The van der Waals surface area contributed by atoms with Crippen LogP contribution in [-0.4, -0.2) is 31.7 Å². The summed E-state index contributed by atoms with van der Waals surface area (Å²) in [5.74, 6) is 0.433. The van der Waals surface area contributed by atoms with Crippen LogP contribution in [0.4, 0.5) is 5.69 Å². The summed E-state index contributed by atoms with van der Waals surface area (Å²) in [6, 6.07) is 16.2. The topological polar surface area (TPSA) is 60.5 Å². The number of anilines is 1. The number of benzene rings is 2. The molecule has 5 heteroatoms. The van der Waals surface area contributed by atoms with Gasteiger partial charge in [0.05, 0.1) is 19.2 Å². The van der Waals surface area contributed by atoms with Crippen LogP contribution in [0.3, 0.4) is 0 Å². The van der Waals surface area contributed by atoms with Gasteiger partial charge < -0.3 is 19.9 Å². The molecule has 1 aromatic heterocycles. The highest BCUT2D eigenvalue weighted by molar-refractivity contribution is 6.02. The quantitative estimate of drug-likeness (QED) is 0.655. The third-order valence-electron chi connectivity index (χ3n) is 5.41. The van der Waals surface area contributed by atoms with Crippen LogP contribution in [0, 0.1) is 6.92 Å². The average Bonchev–Trinajstić information content (AvgIpc) is 3.00. The Kier molecular flexibility index (Phi) is 5.97. The second kappa shape index (κ2) is 8.43. The number of carbonyl (C=O) groups is 1. The van der Waals surface area contributed by atoms with Gasteiger partial charge in [-0.25, -0.2) is 0 Å². The third-order valence-corrected chi connectivity index (χ3v) is 5.41. The number of para-hydroxylation sites is 1. The number of ether oxygens (including phenoxy) is 1. The fourth-order valence-electron chi connectivity index (χ4n) is 3.92. The smallest absolute Gasteiger partial charge is 0.251 e. The van der Waals surface area contributed by atoms with Gasteiger partial charge in [-0.15, -0.1) is 0 Å². The Morgan fingerprint density at radius 1 is 1.10 bits per heavy atom. The first-order chi connectivity index (χ1) is 13.9. The van der Waals surface area contributed by atoms with E-state index >= 15 is 0 Å². The molecule has 0 unspecified atom stereocenters. The maximum atomic E-state index is 12.4. The third kappa shape index (κ3) is 3.86. The summed E-state index contributed by atoms with van der Waals surface area (Å²) in [6.07, 6.45) is 0.786. The number of primary amides is 1. The highest BCUT2D eigenvalue weighted by Gasteiger charge is 2.24. The molecule has 1 amide bonds. The van der Waals surface area contributed by atoms with Gasteiger partial charge in [0.15, 0.2) is 0 Å². The van der Waals surface area contributed by atoms with E-state index in [1.54, 1.807) is 7.11 Å². The monoisotopic (exact) mass is 391 g/mol. The molecule has 3 aromatic rings. The molecule has 0 bridgehead atoms. The van der Waals surface area contributed by atoms with Crippen LogP contribution < -0.4 is 15.4 Å². The highest BCUT2D eigenvalue weighted by Crippen LogP contribution is 2.35. The van der Waals surface area contributed by atoms with Crippen molar-refractivity contribution in [1.82, 2.24) is 4.57 Å². The van der Waals surface area contributed by atoms with E-state index < -0.39 is 5.91 Å². The van der Waals surface area contributed by atoms with E-state index in [4.69, 9.17) is 10.5 Å². The first-order valence-electron chi connectivity index (χ1n) is 9.80. The lowest BCUT2D eigenvalue weighted by Gasteiger charge is -2.15.